The summed E-state index contributed by atoms with van der Waals surface area (Å²) in [7, 11) is 0. The number of imidazole rings is 1. The van der Waals surface area contributed by atoms with Crippen LogP contribution in [0.3, 0.4) is 0 Å². The van der Waals surface area contributed by atoms with Crippen molar-refractivity contribution >= 4 is 23.0 Å². The third kappa shape index (κ3) is 3.31. The molecular weight excluding hydrogens is 360 g/mol. The van der Waals surface area contributed by atoms with Crippen molar-refractivity contribution < 1.29 is 23.0 Å². The van der Waals surface area contributed by atoms with Gasteiger partial charge in [0, 0.05) is 6.42 Å². The Hall–Kier alpha value is -3.14. The number of nitrogen functional groups attached to an aromatic ring is 1. The first kappa shape index (κ1) is 17.3. The minimum atomic E-state index is -1.41. The van der Waals surface area contributed by atoms with E-state index in [1.165, 1.54) is 10.9 Å². The van der Waals surface area contributed by atoms with E-state index in [2.05, 4.69) is 15.0 Å². The van der Waals surface area contributed by atoms with Gasteiger partial charge < -0.3 is 15.2 Å². The number of nitrogens with two attached hydrogens (primary N) is 1. The minimum Gasteiger partial charge on any atom is -0.459 e. The first-order valence-corrected chi connectivity index (χ1v) is 8.20. The number of ether oxygens (including phenoxy) is 2. The van der Waals surface area contributed by atoms with E-state index >= 15 is 0 Å². The fourth-order valence-corrected chi connectivity index (χ4v) is 2.98. The Bertz CT molecular complexity index is 981. The lowest BCUT2D eigenvalue weighted by Gasteiger charge is -2.16. The number of halogens is 2. The maximum absolute atomic E-state index is 14.5. The van der Waals surface area contributed by atoms with Gasteiger partial charge in [-0.1, -0.05) is 18.2 Å². The molecule has 8 nitrogen and oxygen atoms in total. The Morgan fingerprint density at radius 3 is 2.89 bits per heavy atom. The van der Waals surface area contributed by atoms with Gasteiger partial charge in [0.05, 0.1) is 18.0 Å². The second kappa shape index (κ2) is 6.88. The summed E-state index contributed by atoms with van der Waals surface area (Å²) in [5.41, 5.74) is 6.20. The summed E-state index contributed by atoms with van der Waals surface area (Å²) < 4.78 is 40.0. The van der Waals surface area contributed by atoms with E-state index in [1.54, 1.807) is 30.3 Å². The van der Waals surface area contributed by atoms with E-state index in [0.717, 1.165) is 0 Å². The zero-order valence-corrected chi connectivity index (χ0v) is 14.0. The maximum Gasteiger partial charge on any atom is 0.338 e. The highest BCUT2D eigenvalue weighted by atomic mass is 19.1. The summed E-state index contributed by atoms with van der Waals surface area (Å²) in [5, 5.41) is 0. The van der Waals surface area contributed by atoms with Crippen molar-refractivity contribution in [3.05, 3.63) is 48.3 Å². The number of nitrogens with zero attached hydrogens (tertiary/aromatic N) is 4. The predicted octanol–water partition coefficient (Wildman–Crippen LogP) is 2.03. The molecule has 1 aromatic carbocycles. The zero-order valence-electron chi connectivity index (χ0n) is 14.0. The van der Waals surface area contributed by atoms with Gasteiger partial charge in [-0.2, -0.15) is 14.4 Å². The SMILES string of the molecule is Nc1nc(F)nc2c1ncn2[C@@H]1O[C@H](COC(=O)c2ccccc2)C[C@H]1F. The topological polar surface area (TPSA) is 105 Å². The molecule has 0 bridgehead atoms. The molecule has 140 valence electrons. The number of benzene rings is 1. The highest BCUT2D eigenvalue weighted by Gasteiger charge is 2.38. The molecule has 0 saturated carbocycles. The van der Waals surface area contributed by atoms with Crippen molar-refractivity contribution in [3.63, 3.8) is 0 Å². The lowest BCUT2D eigenvalue weighted by molar-refractivity contribution is -0.0420. The van der Waals surface area contributed by atoms with Crippen LogP contribution >= 0.6 is 0 Å². The molecule has 1 fully saturated rings. The highest BCUT2D eigenvalue weighted by molar-refractivity contribution is 5.89. The van der Waals surface area contributed by atoms with Gasteiger partial charge in [0.25, 0.3) is 0 Å². The molecule has 0 unspecified atom stereocenters. The number of aromatic nitrogens is 4. The summed E-state index contributed by atoms with van der Waals surface area (Å²) in [6, 6.07) is 8.45. The first-order chi connectivity index (χ1) is 13.0. The van der Waals surface area contributed by atoms with Gasteiger partial charge in [-0.3, -0.25) is 4.57 Å². The van der Waals surface area contributed by atoms with Gasteiger partial charge in [-0.15, -0.1) is 0 Å². The van der Waals surface area contributed by atoms with Crippen molar-refractivity contribution in [3.8, 4) is 0 Å². The molecule has 3 heterocycles. The summed E-state index contributed by atoms with van der Waals surface area (Å²) in [5.74, 6) is -0.660. The van der Waals surface area contributed by atoms with Crippen LogP contribution in [0.15, 0.2) is 36.7 Å². The molecule has 2 aromatic heterocycles. The van der Waals surface area contributed by atoms with Crippen molar-refractivity contribution in [1.29, 1.82) is 0 Å². The van der Waals surface area contributed by atoms with Crippen molar-refractivity contribution in [1.82, 2.24) is 19.5 Å². The van der Waals surface area contributed by atoms with Crippen molar-refractivity contribution in [2.75, 3.05) is 12.3 Å². The number of anilines is 1. The maximum atomic E-state index is 14.5. The monoisotopic (exact) mass is 375 g/mol. The number of carbonyl (C=O) groups excluding carboxylic acids is 1. The Balaban J connectivity index is 1.47. The molecule has 0 radical (unpaired) electrons. The molecule has 1 saturated heterocycles. The van der Waals surface area contributed by atoms with Gasteiger partial charge in [-0.05, 0) is 12.1 Å². The first-order valence-electron chi connectivity index (χ1n) is 8.20. The number of carbonyl (C=O) groups is 1. The fraction of sp³-hybridized carbons (Fsp3) is 0.294. The third-order valence-electron chi connectivity index (χ3n) is 4.23. The van der Waals surface area contributed by atoms with E-state index < -0.39 is 30.6 Å². The van der Waals surface area contributed by atoms with Gasteiger partial charge in [-0.25, -0.2) is 14.2 Å². The lowest BCUT2D eigenvalue weighted by atomic mass is 10.2. The minimum absolute atomic E-state index is 0.00938. The van der Waals surface area contributed by atoms with E-state index in [0.29, 0.717) is 5.56 Å². The normalized spacial score (nSPS) is 22.2. The summed E-state index contributed by atoms with van der Waals surface area (Å²) in [4.78, 5) is 23.0. The highest BCUT2D eigenvalue weighted by Crippen LogP contribution is 2.33. The van der Waals surface area contributed by atoms with Gasteiger partial charge in [0.1, 0.15) is 12.8 Å². The average molecular weight is 375 g/mol. The molecule has 27 heavy (non-hydrogen) atoms. The average Bonchev–Trinajstić information content (AvgIpc) is 3.23. The van der Waals surface area contributed by atoms with Crippen LogP contribution in [-0.2, 0) is 9.47 Å². The number of hydrogen-bond acceptors (Lipinski definition) is 7. The quantitative estimate of drug-likeness (QED) is 0.549. The number of fused-ring (bicyclic) bond motifs is 1. The lowest BCUT2D eigenvalue weighted by Crippen LogP contribution is -2.19. The van der Waals surface area contributed by atoms with E-state index in [4.69, 9.17) is 15.2 Å². The standard InChI is InChI=1S/C17H15F2N5O3/c18-11-6-10(7-26-16(25)9-4-2-1-3-5-9)27-15(11)24-8-21-12-13(20)22-17(19)23-14(12)24/h1-5,8,10-11,15H,6-7H2,(H2,20,22,23)/t10-,11+,15+/m0/s1. The molecule has 4 rings (SSSR count). The molecule has 1 aliphatic heterocycles. The molecular formula is C17H15F2N5O3. The van der Waals surface area contributed by atoms with Crippen LogP contribution in [0.5, 0.6) is 0 Å². The molecule has 3 aromatic rings. The molecule has 1 aliphatic rings. The van der Waals surface area contributed by atoms with Gasteiger partial charge >= 0.3 is 12.0 Å². The molecule has 0 amide bonds. The Morgan fingerprint density at radius 2 is 2.11 bits per heavy atom. The fourth-order valence-electron chi connectivity index (χ4n) is 2.98. The van der Waals surface area contributed by atoms with Gasteiger partial charge in [0.2, 0.25) is 0 Å². The van der Waals surface area contributed by atoms with E-state index in [1.807, 2.05) is 0 Å². The second-order valence-corrected chi connectivity index (χ2v) is 6.07. The zero-order chi connectivity index (χ0) is 19.0. The third-order valence-corrected chi connectivity index (χ3v) is 4.23. The van der Waals surface area contributed by atoms with Crippen LogP contribution in [0.2, 0.25) is 0 Å². The number of hydrogen-bond donors (Lipinski definition) is 1. The van der Waals surface area contributed by atoms with Crippen LogP contribution in [0, 0.1) is 6.08 Å². The molecule has 0 aliphatic carbocycles. The molecule has 0 spiro atoms. The predicted molar refractivity (Wildman–Crippen MR) is 89.8 cm³/mol. The van der Waals surface area contributed by atoms with Crippen LogP contribution < -0.4 is 5.73 Å². The number of alkyl halides is 1. The second-order valence-electron chi connectivity index (χ2n) is 6.07. The van der Waals surface area contributed by atoms with E-state index in [-0.39, 0.29) is 30.0 Å². The van der Waals surface area contributed by atoms with Crippen LogP contribution in [0.25, 0.3) is 11.2 Å². The smallest absolute Gasteiger partial charge is 0.338 e. The summed E-state index contributed by atoms with van der Waals surface area (Å²) in [6.07, 6.45) is -2.91. The summed E-state index contributed by atoms with van der Waals surface area (Å²) in [6.45, 7) is -0.108. The van der Waals surface area contributed by atoms with Crippen LogP contribution in [0.4, 0.5) is 14.6 Å². The van der Waals surface area contributed by atoms with Crippen molar-refractivity contribution in [2.24, 2.45) is 0 Å². The summed E-state index contributed by atoms with van der Waals surface area (Å²) >= 11 is 0. The number of esters is 1. The molecule has 2 N–H and O–H groups in total. The van der Waals surface area contributed by atoms with E-state index in [9.17, 15) is 13.6 Å². The Labute approximate surface area is 151 Å². The Kier molecular flexibility index (Phi) is 4.40. The van der Waals surface area contributed by atoms with Crippen LogP contribution in [0.1, 0.15) is 23.0 Å². The van der Waals surface area contributed by atoms with Crippen LogP contribution in [-0.4, -0.2) is 44.4 Å². The molecule has 3 atom stereocenters. The Morgan fingerprint density at radius 1 is 1.33 bits per heavy atom. The van der Waals surface area contributed by atoms with Crippen molar-refractivity contribution in [2.45, 2.75) is 24.9 Å². The largest absolute Gasteiger partial charge is 0.459 e. The number of rotatable bonds is 4. The molecule has 10 heteroatoms. The van der Waals surface area contributed by atoms with Gasteiger partial charge in [0.15, 0.2) is 23.2 Å².